The molecule has 0 unspecified atom stereocenters. The van der Waals surface area contributed by atoms with Crippen LogP contribution in [-0.4, -0.2) is 44.9 Å². The summed E-state index contributed by atoms with van der Waals surface area (Å²) in [4.78, 5) is 1.15. The van der Waals surface area contributed by atoms with E-state index in [0.717, 1.165) is 4.90 Å². The summed E-state index contributed by atoms with van der Waals surface area (Å²) in [6.45, 7) is 0.636. The van der Waals surface area contributed by atoms with E-state index in [9.17, 15) is 21.6 Å². The molecule has 0 aliphatic rings. The molecule has 2 N–H and O–H groups in total. The van der Waals surface area contributed by atoms with Crippen LogP contribution in [0.25, 0.3) is 0 Å². The molecular formula is C13H19F3N2O2S. The Morgan fingerprint density at radius 2 is 1.95 bits per heavy atom. The zero-order chi connectivity index (χ0) is 16.1. The minimum atomic E-state index is -4.33. The minimum absolute atomic E-state index is 0.0912. The van der Waals surface area contributed by atoms with Crippen molar-refractivity contribution < 1.29 is 21.6 Å². The Kier molecular flexibility index (Phi) is 6.18. The molecule has 120 valence electrons. The van der Waals surface area contributed by atoms with E-state index in [0.29, 0.717) is 5.56 Å². The second-order valence-corrected chi connectivity index (χ2v) is 6.76. The second-order valence-electron chi connectivity index (χ2n) is 4.65. The van der Waals surface area contributed by atoms with Crippen molar-refractivity contribution >= 4 is 9.84 Å². The third-order valence-electron chi connectivity index (χ3n) is 3.02. The number of halogens is 3. The molecule has 0 bridgehead atoms. The van der Waals surface area contributed by atoms with Crippen LogP contribution in [0.3, 0.4) is 0 Å². The molecule has 1 aromatic rings. The summed E-state index contributed by atoms with van der Waals surface area (Å²) in [5.41, 5.74) is 6.11. The van der Waals surface area contributed by atoms with Crippen molar-refractivity contribution in [2.24, 2.45) is 5.73 Å². The molecular weight excluding hydrogens is 305 g/mol. The summed E-state index contributed by atoms with van der Waals surface area (Å²) in [5, 5.41) is 0. The van der Waals surface area contributed by atoms with Crippen LogP contribution in [0.4, 0.5) is 13.2 Å². The van der Waals surface area contributed by atoms with Gasteiger partial charge in [0, 0.05) is 13.1 Å². The Morgan fingerprint density at radius 1 is 1.29 bits per heavy atom. The van der Waals surface area contributed by atoms with Crippen LogP contribution in [0.2, 0.25) is 0 Å². The van der Waals surface area contributed by atoms with Crippen molar-refractivity contribution in [1.82, 2.24) is 4.90 Å². The van der Waals surface area contributed by atoms with Crippen molar-refractivity contribution in [3.8, 4) is 0 Å². The minimum Gasteiger partial charge on any atom is -0.326 e. The summed E-state index contributed by atoms with van der Waals surface area (Å²) in [6.07, 6.45) is -4.33. The van der Waals surface area contributed by atoms with Crippen LogP contribution < -0.4 is 5.73 Å². The first-order valence-electron chi connectivity index (χ1n) is 6.49. The number of hydrogen-bond acceptors (Lipinski definition) is 4. The highest BCUT2D eigenvalue weighted by molar-refractivity contribution is 7.91. The van der Waals surface area contributed by atoms with Crippen LogP contribution >= 0.6 is 0 Å². The van der Waals surface area contributed by atoms with Crippen LogP contribution in [-0.2, 0) is 16.4 Å². The maximum atomic E-state index is 12.3. The Labute approximate surface area is 122 Å². The topological polar surface area (TPSA) is 63.4 Å². The van der Waals surface area contributed by atoms with Crippen molar-refractivity contribution in [3.63, 3.8) is 0 Å². The molecule has 0 saturated carbocycles. The fraction of sp³-hybridized carbons (Fsp3) is 0.538. The van der Waals surface area contributed by atoms with Crippen molar-refractivity contribution in [1.29, 1.82) is 0 Å². The monoisotopic (exact) mass is 324 g/mol. The van der Waals surface area contributed by atoms with E-state index < -0.39 is 22.6 Å². The first-order valence-corrected chi connectivity index (χ1v) is 8.14. The molecule has 0 heterocycles. The Bertz CT molecular complexity index is 559. The van der Waals surface area contributed by atoms with E-state index in [1.165, 1.54) is 12.1 Å². The van der Waals surface area contributed by atoms with Crippen molar-refractivity contribution in [3.05, 3.63) is 29.8 Å². The first-order chi connectivity index (χ1) is 9.68. The molecule has 0 aromatic heterocycles. The largest absolute Gasteiger partial charge is 0.401 e. The summed E-state index contributed by atoms with van der Waals surface area (Å²) in [6, 6.07) is 6.15. The number of rotatable bonds is 7. The number of benzene rings is 1. The third kappa shape index (κ3) is 6.03. The maximum absolute atomic E-state index is 12.3. The molecule has 21 heavy (non-hydrogen) atoms. The molecule has 0 atom stereocenters. The van der Waals surface area contributed by atoms with Gasteiger partial charge in [0.05, 0.1) is 17.2 Å². The van der Waals surface area contributed by atoms with Crippen molar-refractivity contribution in [2.75, 3.05) is 25.4 Å². The van der Waals surface area contributed by atoms with Gasteiger partial charge < -0.3 is 5.73 Å². The van der Waals surface area contributed by atoms with Gasteiger partial charge in [0.2, 0.25) is 0 Å². The van der Waals surface area contributed by atoms with Gasteiger partial charge in [-0.25, -0.2) is 8.42 Å². The summed E-state index contributed by atoms with van der Waals surface area (Å²) in [5.74, 6) is -0.356. The first kappa shape index (κ1) is 17.9. The fourth-order valence-corrected chi connectivity index (χ4v) is 3.19. The molecule has 4 nitrogen and oxygen atoms in total. The van der Waals surface area contributed by atoms with E-state index in [1.54, 1.807) is 19.1 Å². The van der Waals surface area contributed by atoms with Gasteiger partial charge in [-0.1, -0.05) is 19.1 Å². The van der Waals surface area contributed by atoms with Crippen LogP contribution in [0, 0.1) is 0 Å². The molecule has 0 aliphatic carbocycles. The predicted octanol–water partition coefficient (Wildman–Crippen LogP) is 1.80. The number of alkyl halides is 3. The smallest absolute Gasteiger partial charge is 0.326 e. The Hall–Kier alpha value is -1.12. The molecule has 1 aromatic carbocycles. The maximum Gasteiger partial charge on any atom is 0.401 e. The van der Waals surface area contributed by atoms with E-state index in [-0.39, 0.29) is 30.3 Å². The molecule has 0 spiro atoms. The quantitative estimate of drug-likeness (QED) is 0.831. The molecule has 0 aliphatic heterocycles. The number of sulfone groups is 1. The van der Waals surface area contributed by atoms with Gasteiger partial charge >= 0.3 is 6.18 Å². The lowest BCUT2D eigenvalue weighted by Crippen LogP contribution is -2.37. The van der Waals surface area contributed by atoms with E-state index in [1.807, 2.05) is 0 Å². The highest BCUT2D eigenvalue weighted by Crippen LogP contribution is 2.17. The van der Waals surface area contributed by atoms with Gasteiger partial charge in [-0.3, -0.25) is 4.90 Å². The van der Waals surface area contributed by atoms with Gasteiger partial charge in [0.25, 0.3) is 0 Å². The van der Waals surface area contributed by atoms with Crippen molar-refractivity contribution in [2.45, 2.75) is 24.5 Å². The molecule has 0 saturated heterocycles. The highest BCUT2D eigenvalue weighted by atomic mass is 32.2. The SMILES string of the molecule is CCN(CCS(=O)(=O)c1cccc(CN)c1)CC(F)(F)F. The number of hydrogen-bond donors (Lipinski definition) is 1. The van der Waals surface area contributed by atoms with Crippen LogP contribution in [0.15, 0.2) is 29.2 Å². The van der Waals surface area contributed by atoms with Gasteiger partial charge in [-0.2, -0.15) is 13.2 Å². The molecule has 1 rings (SSSR count). The second kappa shape index (κ2) is 7.24. The summed E-state index contributed by atoms with van der Waals surface area (Å²) < 4.78 is 61.3. The lowest BCUT2D eigenvalue weighted by molar-refractivity contribution is -0.144. The Balaban J connectivity index is 2.75. The fourth-order valence-electron chi connectivity index (χ4n) is 1.84. The lowest BCUT2D eigenvalue weighted by atomic mass is 10.2. The van der Waals surface area contributed by atoms with Gasteiger partial charge in [0.1, 0.15) is 0 Å². The molecule has 8 heteroatoms. The van der Waals surface area contributed by atoms with Crippen LogP contribution in [0.1, 0.15) is 12.5 Å². The van der Waals surface area contributed by atoms with E-state index in [4.69, 9.17) is 5.73 Å². The molecule has 0 amide bonds. The number of nitrogens with two attached hydrogens (primary N) is 1. The molecule has 0 fully saturated rings. The van der Waals surface area contributed by atoms with Crippen LogP contribution in [0.5, 0.6) is 0 Å². The Morgan fingerprint density at radius 3 is 2.48 bits per heavy atom. The standard InChI is InChI=1S/C13H19F3N2O2S/c1-2-18(10-13(14,15)16)6-7-21(19,20)12-5-3-4-11(8-12)9-17/h3-5,8H,2,6-7,9-10,17H2,1H3. The summed E-state index contributed by atoms with van der Waals surface area (Å²) in [7, 11) is -3.62. The zero-order valence-corrected chi connectivity index (χ0v) is 12.5. The van der Waals surface area contributed by atoms with E-state index >= 15 is 0 Å². The predicted molar refractivity (Wildman–Crippen MR) is 74.6 cm³/mol. The van der Waals surface area contributed by atoms with Gasteiger partial charge in [0.15, 0.2) is 9.84 Å². The summed E-state index contributed by atoms with van der Waals surface area (Å²) >= 11 is 0. The van der Waals surface area contributed by atoms with E-state index in [2.05, 4.69) is 0 Å². The van der Waals surface area contributed by atoms with Gasteiger partial charge in [-0.15, -0.1) is 0 Å². The average Bonchev–Trinajstić information content (AvgIpc) is 2.42. The lowest BCUT2D eigenvalue weighted by Gasteiger charge is -2.21. The zero-order valence-electron chi connectivity index (χ0n) is 11.7. The number of nitrogens with zero attached hydrogens (tertiary/aromatic N) is 1. The third-order valence-corrected chi connectivity index (χ3v) is 4.71. The normalized spacial score (nSPS) is 12.9. The molecule has 0 radical (unpaired) electrons. The average molecular weight is 324 g/mol. The van der Waals surface area contributed by atoms with Gasteiger partial charge in [-0.05, 0) is 24.2 Å². The highest BCUT2D eigenvalue weighted by Gasteiger charge is 2.30.